The summed E-state index contributed by atoms with van der Waals surface area (Å²) < 4.78 is 38.8. The van der Waals surface area contributed by atoms with Crippen molar-refractivity contribution in [2.24, 2.45) is 5.92 Å². The predicted molar refractivity (Wildman–Crippen MR) is 51.1 cm³/mol. The Hall–Kier alpha value is -1.52. The first-order valence-corrected chi connectivity index (χ1v) is 4.96. The average Bonchev–Trinajstić information content (AvgIpc) is 2.60. The third-order valence-electron chi connectivity index (χ3n) is 2.66. The topological polar surface area (TPSA) is 29.1 Å². The standard InChI is InChI=1S/C11H10F3NO/c12-8-4-10(14)9(13)3-7(8)1-6-2-11(16)15-5-6/h3-4,6H,1-2,5H2,(H,15,16). The van der Waals surface area contributed by atoms with Crippen LogP contribution < -0.4 is 5.32 Å². The molecule has 1 fully saturated rings. The van der Waals surface area contributed by atoms with E-state index in [4.69, 9.17) is 0 Å². The summed E-state index contributed by atoms with van der Waals surface area (Å²) in [4.78, 5) is 10.9. The van der Waals surface area contributed by atoms with E-state index in [2.05, 4.69) is 5.32 Å². The van der Waals surface area contributed by atoms with E-state index in [-0.39, 0.29) is 23.8 Å². The van der Waals surface area contributed by atoms with Crippen LogP contribution in [0.2, 0.25) is 0 Å². The lowest BCUT2D eigenvalue weighted by Crippen LogP contribution is -2.14. The van der Waals surface area contributed by atoms with Crippen LogP contribution >= 0.6 is 0 Å². The van der Waals surface area contributed by atoms with Crippen molar-refractivity contribution in [2.45, 2.75) is 12.8 Å². The molecule has 16 heavy (non-hydrogen) atoms. The summed E-state index contributed by atoms with van der Waals surface area (Å²) in [5.41, 5.74) is 0.111. The van der Waals surface area contributed by atoms with Gasteiger partial charge >= 0.3 is 0 Å². The first kappa shape index (κ1) is 11.0. The van der Waals surface area contributed by atoms with Gasteiger partial charge in [-0.1, -0.05) is 0 Å². The predicted octanol–water partition coefficient (Wildman–Crippen LogP) is 1.78. The van der Waals surface area contributed by atoms with Crippen LogP contribution in [0.25, 0.3) is 0 Å². The van der Waals surface area contributed by atoms with Crippen LogP contribution in [0.3, 0.4) is 0 Å². The van der Waals surface area contributed by atoms with Crippen molar-refractivity contribution in [2.75, 3.05) is 6.54 Å². The molecule has 1 aromatic rings. The van der Waals surface area contributed by atoms with E-state index >= 15 is 0 Å². The van der Waals surface area contributed by atoms with Crippen molar-refractivity contribution >= 4 is 5.91 Å². The number of rotatable bonds is 2. The van der Waals surface area contributed by atoms with Gasteiger partial charge < -0.3 is 5.32 Å². The second kappa shape index (κ2) is 4.15. The summed E-state index contributed by atoms with van der Waals surface area (Å²) >= 11 is 0. The molecule has 1 aliphatic heterocycles. The Morgan fingerprint density at radius 2 is 1.88 bits per heavy atom. The Balaban J connectivity index is 2.15. The van der Waals surface area contributed by atoms with Gasteiger partial charge in [-0.3, -0.25) is 4.79 Å². The van der Waals surface area contributed by atoms with Crippen molar-refractivity contribution < 1.29 is 18.0 Å². The van der Waals surface area contributed by atoms with Gasteiger partial charge in [-0.15, -0.1) is 0 Å². The molecule has 5 heteroatoms. The molecule has 1 amide bonds. The largest absolute Gasteiger partial charge is 0.356 e. The molecular formula is C11H10F3NO. The van der Waals surface area contributed by atoms with Crippen molar-refractivity contribution in [1.29, 1.82) is 0 Å². The highest BCUT2D eigenvalue weighted by Crippen LogP contribution is 2.20. The van der Waals surface area contributed by atoms with E-state index in [1.165, 1.54) is 0 Å². The van der Waals surface area contributed by atoms with Gasteiger partial charge in [0.25, 0.3) is 0 Å². The van der Waals surface area contributed by atoms with E-state index in [1.807, 2.05) is 0 Å². The number of hydrogen-bond donors (Lipinski definition) is 1. The zero-order valence-corrected chi connectivity index (χ0v) is 8.40. The summed E-state index contributed by atoms with van der Waals surface area (Å²) in [5, 5.41) is 2.61. The molecule has 1 unspecified atom stereocenters. The van der Waals surface area contributed by atoms with Gasteiger partial charge in [0, 0.05) is 19.0 Å². The van der Waals surface area contributed by atoms with Gasteiger partial charge in [-0.2, -0.15) is 0 Å². The normalized spacial score (nSPS) is 19.9. The smallest absolute Gasteiger partial charge is 0.220 e. The number of carbonyl (C=O) groups is 1. The molecule has 1 heterocycles. The van der Waals surface area contributed by atoms with Gasteiger partial charge in [0.05, 0.1) is 0 Å². The summed E-state index contributed by atoms with van der Waals surface area (Å²) in [6.07, 6.45) is 0.542. The zero-order valence-electron chi connectivity index (χ0n) is 8.40. The van der Waals surface area contributed by atoms with Gasteiger partial charge in [-0.25, -0.2) is 13.2 Å². The van der Waals surface area contributed by atoms with Crippen LogP contribution in [0.5, 0.6) is 0 Å². The van der Waals surface area contributed by atoms with E-state index in [0.717, 1.165) is 6.07 Å². The Morgan fingerprint density at radius 1 is 1.19 bits per heavy atom. The van der Waals surface area contributed by atoms with Gasteiger partial charge in [0.1, 0.15) is 5.82 Å². The fourth-order valence-corrected chi connectivity index (χ4v) is 1.84. The molecule has 0 radical (unpaired) electrons. The van der Waals surface area contributed by atoms with Crippen molar-refractivity contribution in [1.82, 2.24) is 5.32 Å². The lowest BCUT2D eigenvalue weighted by molar-refractivity contribution is -0.119. The first-order valence-electron chi connectivity index (χ1n) is 4.96. The number of benzene rings is 1. The summed E-state index contributed by atoms with van der Waals surface area (Å²) in [6, 6.07) is 1.39. The maximum Gasteiger partial charge on any atom is 0.220 e. The number of nitrogens with one attached hydrogen (secondary N) is 1. The number of amides is 1. The lowest BCUT2D eigenvalue weighted by Gasteiger charge is -2.08. The number of carbonyl (C=O) groups excluding carboxylic acids is 1. The minimum absolute atomic E-state index is 0.0492. The van der Waals surface area contributed by atoms with Crippen molar-refractivity contribution in [3.05, 3.63) is 35.1 Å². The van der Waals surface area contributed by atoms with Crippen molar-refractivity contribution in [3.63, 3.8) is 0 Å². The third kappa shape index (κ3) is 2.18. The highest BCUT2D eigenvalue weighted by Gasteiger charge is 2.23. The first-order chi connectivity index (χ1) is 7.56. The van der Waals surface area contributed by atoms with Crippen LogP contribution in [0.15, 0.2) is 12.1 Å². The number of halogens is 3. The molecule has 0 bridgehead atoms. The van der Waals surface area contributed by atoms with Crippen LogP contribution in [-0.4, -0.2) is 12.5 Å². The van der Waals surface area contributed by atoms with E-state index < -0.39 is 17.5 Å². The summed E-state index contributed by atoms with van der Waals surface area (Å²) in [6.45, 7) is 0.456. The maximum absolute atomic E-state index is 13.3. The second-order valence-corrected chi connectivity index (χ2v) is 3.94. The highest BCUT2D eigenvalue weighted by atomic mass is 19.2. The molecule has 0 aromatic heterocycles. The minimum atomic E-state index is -1.19. The molecular weight excluding hydrogens is 219 g/mol. The molecule has 86 valence electrons. The van der Waals surface area contributed by atoms with Crippen LogP contribution in [0.1, 0.15) is 12.0 Å². The minimum Gasteiger partial charge on any atom is -0.356 e. The fourth-order valence-electron chi connectivity index (χ4n) is 1.84. The molecule has 1 aromatic carbocycles. The van der Waals surface area contributed by atoms with Crippen LogP contribution in [0.4, 0.5) is 13.2 Å². The van der Waals surface area contributed by atoms with Gasteiger partial charge in [-0.05, 0) is 24.0 Å². The molecule has 0 saturated carbocycles. The summed E-state index contributed by atoms with van der Waals surface area (Å²) in [5.74, 6) is -3.16. The van der Waals surface area contributed by atoms with Gasteiger partial charge in [0.15, 0.2) is 11.6 Å². The monoisotopic (exact) mass is 229 g/mol. The molecule has 0 aliphatic carbocycles. The molecule has 0 spiro atoms. The number of hydrogen-bond acceptors (Lipinski definition) is 1. The average molecular weight is 229 g/mol. The second-order valence-electron chi connectivity index (χ2n) is 3.94. The SMILES string of the molecule is O=C1CC(Cc2cc(F)c(F)cc2F)CN1. The van der Waals surface area contributed by atoms with Crippen LogP contribution in [-0.2, 0) is 11.2 Å². The van der Waals surface area contributed by atoms with E-state index in [1.54, 1.807) is 0 Å². The summed E-state index contributed by atoms with van der Waals surface area (Å²) in [7, 11) is 0. The van der Waals surface area contributed by atoms with E-state index in [9.17, 15) is 18.0 Å². The molecule has 2 rings (SSSR count). The Kier molecular flexibility index (Phi) is 2.85. The lowest BCUT2D eigenvalue weighted by atomic mass is 9.98. The van der Waals surface area contributed by atoms with E-state index in [0.29, 0.717) is 19.0 Å². The molecule has 1 saturated heterocycles. The highest BCUT2D eigenvalue weighted by molar-refractivity contribution is 5.78. The Bertz CT molecular complexity index is 433. The Labute approximate surface area is 90.5 Å². The zero-order chi connectivity index (χ0) is 11.7. The maximum atomic E-state index is 13.3. The molecule has 1 atom stereocenters. The quantitative estimate of drug-likeness (QED) is 0.769. The Morgan fingerprint density at radius 3 is 2.50 bits per heavy atom. The fraction of sp³-hybridized carbons (Fsp3) is 0.364. The molecule has 2 nitrogen and oxygen atoms in total. The van der Waals surface area contributed by atoms with Crippen molar-refractivity contribution in [3.8, 4) is 0 Å². The van der Waals surface area contributed by atoms with Gasteiger partial charge in [0.2, 0.25) is 5.91 Å². The molecule has 1 N–H and O–H groups in total. The third-order valence-corrected chi connectivity index (χ3v) is 2.66. The van der Waals surface area contributed by atoms with Crippen LogP contribution in [0, 0.1) is 23.4 Å². The molecule has 1 aliphatic rings.